The zero-order valence-corrected chi connectivity index (χ0v) is 10.6. The molecule has 104 valence electrons. The normalized spacial score (nSPS) is 10.1. The van der Waals surface area contributed by atoms with Crippen LogP contribution in [0.5, 0.6) is 23.0 Å². The van der Waals surface area contributed by atoms with Crippen molar-refractivity contribution in [3.05, 3.63) is 42.0 Å². The van der Waals surface area contributed by atoms with E-state index in [0.29, 0.717) is 5.69 Å². The molecule has 4 N–H and O–H groups in total. The van der Waals surface area contributed by atoms with Crippen LogP contribution in [-0.2, 0) is 0 Å². The number of phenols is 3. The predicted octanol–water partition coefficient (Wildman–Crippen LogP) is 2.06. The molecule has 0 aliphatic rings. The molecule has 20 heavy (non-hydrogen) atoms. The molecule has 0 heterocycles. The fraction of sp³-hybridized carbons (Fsp3) is 0.0714. The van der Waals surface area contributed by atoms with E-state index in [-0.39, 0.29) is 28.6 Å². The molecule has 0 fully saturated rings. The van der Waals surface area contributed by atoms with Crippen LogP contribution in [0.2, 0.25) is 0 Å². The van der Waals surface area contributed by atoms with Crippen molar-refractivity contribution >= 4 is 11.6 Å². The van der Waals surface area contributed by atoms with Crippen molar-refractivity contribution in [2.75, 3.05) is 12.4 Å². The molecule has 0 saturated carbocycles. The summed E-state index contributed by atoms with van der Waals surface area (Å²) in [5, 5.41) is 30.8. The summed E-state index contributed by atoms with van der Waals surface area (Å²) in [6.07, 6.45) is 0. The Morgan fingerprint density at radius 2 is 1.70 bits per heavy atom. The fourth-order valence-corrected chi connectivity index (χ4v) is 1.70. The summed E-state index contributed by atoms with van der Waals surface area (Å²) >= 11 is 0. The number of nitrogens with one attached hydrogen (secondary N) is 1. The van der Waals surface area contributed by atoms with Gasteiger partial charge >= 0.3 is 0 Å². The summed E-state index contributed by atoms with van der Waals surface area (Å²) in [7, 11) is 1.42. The van der Waals surface area contributed by atoms with Crippen LogP contribution < -0.4 is 10.1 Å². The topological polar surface area (TPSA) is 99.0 Å². The molecule has 0 radical (unpaired) electrons. The summed E-state index contributed by atoms with van der Waals surface area (Å²) < 4.78 is 4.89. The van der Waals surface area contributed by atoms with Crippen LogP contribution in [0.25, 0.3) is 0 Å². The molecule has 0 aliphatic heterocycles. The molecule has 2 aromatic carbocycles. The van der Waals surface area contributed by atoms with E-state index in [1.165, 1.54) is 31.4 Å². The van der Waals surface area contributed by atoms with Crippen molar-refractivity contribution < 1.29 is 24.9 Å². The van der Waals surface area contributed by atoms with Gasteiger partial charge < -0.3 is 25.4 Å². The third kappa shape index (κ3) is 2.92. The van der Waals surface area contributed by atoms with Gasteiger partial charge in [0.05, 0.1) is 7.11 Å². The number of ether oxygens (including phenoxy) is 1. The second-order valence-corrected chi connectivity index (χ2v) is 4.08. The monoisotopic (exact) mass is 275 g/mol. The Balaban J connectivity index is 2.21. The number of hydrogen-bond acceptors (Lipinski definition) is 5. The van der Waals surface area contributed by atoms with Crippen LogP contribution in [0.4, 0.5) is 5.69 Å². The first-order valence-corrected chi connectivity index (χ1v) is 5.71. The molecule has 0 aromatic heterocycles. The second-order valence-electron chi connectivity index (χ2n) is 4.08. The molecule has 6 nitrogen and oxygen atoms in total. The number of anilines is 1. The maximum atomic E-state index is 11.9. The lowest BCUT2D eigenvalue weighted by Crippen LogP contribution is -2.11. The lowest BCUT2D eigenvalue weighted by atomic mass is 10.2. The number of carbonyl (C=O) groups is 1. The Bertz CT molecular complexity index is 634. The second kappa shape index (κ2) is 5.40. The van der Waals surface area contributed by atoms with Gasteiger partial charge in [0.25, 0.3) is 5.91 Å². The van der Waals surface area contributed by atoms with Gasteiger partial charge in [0, 0.05) is 23.4 Å². The largest absolute Gasteiger partial charge is 0.508 e. The van der Waals surface area contributed by atoms with Gasteiger partial charge in [-0.1, -0.05) is 0 Å². The predicted molar refractivity (Wildman–Crippen MR) is 72.4 cm³/mol. The van der Waals surface area contributed by atoms with Crippen molar-refractivity contribution in [1.82, 2.24) is 0 Å². The van der Waals surface area contributed by atoms with Crippen molar-refractivity contribution in [1.29, 1.82) is 0 Å². The maximum Gasteiger partial charge on any atom is 0.255 e. The van der Waals surface area contributed by atoms with E-state index in [9.17, 15) is 20.1 Å². The van der Waals surface area contributed by atoms with Crippen LogP contribution in [-0.4, -0.2) is 28.3 Å². The molecule has 0 bridgehead atoms. The Morgan fingerprint density at radius 1 is 1.05 bits per heavy atom. The van der Waals surface area contributed by atoms with Crippen LogP contribution in [0.15, 0.2) is 36.4 Å². The maximum absolute atomic E-state index is 11.9. The lowest BCUT2D eigenvalue weighted by Gasteiger charge is -2.08. The third-order valence-electron chi connectivity index (χ3n) is 2.60. The van der Waals surface area contributed by atoms with Crippen LogP contribution in [0.3, 0.4) is 0 Å². The van der Waals surface area contributed by atoms with Gasteiger partial charge in [-0.15, -0.1) is 0 Å². The molecule has 2 rings (SSSR count). The first kappa shape index (κ1) is 13.5. The van der Waals surface area contributed by atoms with Crippen molar-refractivity contribution in [3.8, 4) is 23.0 Å². The minimum absolute atomic E-state index is 0.0952. The quantitative estimate of drug-likeness (QED) is 0.687. The zero-order valence-electron chi connectivity index (χ0n) is 10.6. The minimum atomic E-state index is -0.527. The summed E-state index contributed by atoms with van der Waals surface area (Å²) in [4.78, 5) is 11.9. The van der Waals surface area contributed by atoms with Gasteiger partial charge in [0.2, 0.25) is 0 Å². The van der Waals surface area contributed by atoms with Gasteiger partial charge in [0.1, 0.15) is 11.5 Å². The summed E-state index contributed by atoms with van der Waals surface area (Å²) in [6.45, 7) is 0. The number of rotatable bonds is 3. The Morgan fingerprint density at radius 3 is 2.25 bits per heavy atom. The summed E-state index contributed by atoms with van der Waals surface area (Å²) in [5.74, 6) is -0.775. The van der Waals surface area contributed by atoms with Crippen molar-refractivity contribution in [2.24, 2.45) is 0 Å². The molecular weight excluding hydrogens is 262 g/mol. The Kier molecular flexibility index (Phi) is 3.65. The van der Waals surface area contributed by atoms with Gasteiger partial charge in [-0.2, -0.15) is 0 Å². The van der Waals surface area contributed by atoms with Crippen LogP contribution >= 0.6 is 0 Å². The van der Waals surface area contributed by atoms with Crippen molar-refractivity contribution in [3.63, 3.8) is 0 Å². The molecule has 1 amide bonds. The Labute approximate surface area is 114 Å². The molecule has 2 aromatic rings. The first-order chi connectivity index (χ1) is 9.49. The van der Waals surface area contributed by atoms with Gasteiger partial charge in [0.15, 0.2) is 11.5 Å². The number of hydrogen-bond donors (Lipinski definition) is 4. The van der Waals surface area contributed by atoms with Gasteiger partial charge in [-0.05, 0) is 24.3 Å². The van der Waals surface area contributed by atoms with E-state index < -0.39 is 5.91 Å². The summed E-state index contributed by atoms with van der Waals surface area (Å²) in [5.41, 5.74) is 0.453. The highest BCUT2D eigenvalue weighted by Crippen LogP contribution is 2.29. The third-order valence-corrected chi connectivity index (χ3v) is 2.60. The molecule has 0 spiro atoms. The highest BCUT2D eigenvalue weighted by atomic mass is 16.5. The number of amides is 1. The van der Waals surface area contributed by atoms with Crippen molar-refractivity contribution in [2.45, 2.75) is 0 Å². The fourth-order valence-electron chi connectivity index (χ4n) is 1.70. The van der Waals surface area contributed by atoms with Gasteiger partial charge in [-0.25, -0.2) is 0 Å². The number of phenolic OH excluding ortho intramolecular Hbond substituents is 3. The van der Waals surface area contributed by atoms with E-state index in [0.717, 1.165) is 6.07 Å². The molecule has 6 heteroatoms. The number of methoxy groups -OCH3 is 1. The van der Waals surface area contributed by atoms with Crippen LogP contribution in [0.1, 0.15) is 10.4 Å². The molecular formula is C14H13NO5. The zero-order chi connectivity index (χ0) is 14.7. The van der Waals surface area contributed by atoms with Crippen LogP contribution in [0, 0.1) is 0 Å². The molecule has 0 unspecified atom stereocenters. The molecule has 0 aliphatic carbocycles. The first-order valence-electron chi connectivity index (χ1n) is 5.71. The lowest BCUT2D eigenvalue weighted by molar-refractivity contribution is 0.102. The van der Waals surface area contributed by atoms with E-state index in [1.54, 1.807) is 6.07 Å². The van der Waals surface area contributed by atoms with E-state index in [2.05, 4.69) is 5.32 Å². The van der Waals surface area contributed by atoms with E-state index >= 15 is 0 Å². The minimum Gasteiger partial charge on any atom is -0.508 e. The highest BCUT2D eigenvalue weighted by Gasteiger charge is 2.10. The average Bonchev–Trinajstić information content (AvgIpc) is 2.37. The average molecular weight is 275 g/mol. The van der Waals surface area contributed by atoms with E-state index in [4.69, 9.17) is 4.74 Å². The Hall–Kier alpha value is -2.89. The van der Waals surface area contributed by atoms with E-state index in [1.807, 2.05) is 0 Å². The summed E-state index contributed by atoms with van der Waals surface area (Å²) in [6, 6.07) is 7.95. The van der Waals surface area contributed by atoms with Gasteiger partial charge in [-0.3, -0.25) is 4.79 Å². The molecule has 0 atom stereocenters. The standard InChI is InChI=1S/C14H13NO5/c1-20-13-3-2-9(6-12(13)18)15-14(19)8-4-10(16)7-11(17)5-8/h2-7,16-18H,1H3,(H,15,19). The molecule has 0 saturated heterocycles. The number of carbonyl (C=O) groups excluding carboxylic acids is 1. The smallest absolute Gasteiger partial charge is 0.255 e. The highest BCUT2D eigenvalue weighted by molar-refractivity contribution is 6.04. The number of aromatic hydroxyl groups is 3. The number of benzene rings is 2. The SMILES string of the molecule is COc1ccc(NC(=O)c2cc(O)cc(O)c2)cc1O.